The lowest BCUT2D eigenvalue weighted by molar-refractivity contribution is -0.130. The van der Waals surface area contributed by atoms with Crippen molar-refractivity contribution < 1.29 is 19.0 Å². The smallest absolute Gasteiger partial charge is 0.290 e. The third-order valence-corrected chi connectivity index (χ3v) is 6.15. The number of amides is 1. The van der Waals surface area contributed by atoms with Gasteiger partial charge < -0.3 is 14.7 Å². The number of hydrogen-bond donors (Lipinski definition) is 1. The number of nitrogens with zero attached hydrogens (tertiary/aromatic N) is 1. The number of thioether (sulfide) groups is 1. The molecule has 0 saturated carbocycles. The van der Waals surface area contributed by atoms with E-state index in [1.807, 2.05) is 42.7 Å². The number of benzene rings is 3. The van der Waals surface area contributed by atoms with E-state index in [2.05, 4.69) is 0 Å². The predicted molar refractivity (Wildman–Crippen MR) is 120 cm³/mol. The fraction of sp³-hybridized carbons (Fsp3) is 0.160. The van der Waals surface area contributed by atoms with E-state index in [0.717, 1.165) is 16.0 Å². The van der Waals surface area contributed by atoms with Crippen molar-refractivity contribution in [1.82, 2.24) is 4.90 Å². The summed E-state index contributed by atoms with van der Waals surface area (Å²) in [5.74, 6) is -0.418. The van der Waals surface area contributed by atoms with E-state index in [9.17, 15) is 14.3 Å². The third-order valence-electron chi connectivity index (χ3n) is 5.40. The highest BCUT2D eigenvalue weighted by molar-refractivity contribution is 7.98. The van der Waals surface area contributed by atoms with Crippen molar-refractivity contribution in [3.63, 3.8) is 0 Å². The van der Waals surface area contributed by atoms with Crippen LogP contribution in [0.5, 0.6) is 5.75 Å². The Balaban J connectivity index is 1.76. The van der Waals surface area contributed by atoms with E-state index in [1.165, 1.54) is 12.1 Å². The number of aliphatic hydroxyl groups is 1. The highest BCUT2D eigenvalue weighted by Gasteiger charge is 2.41. The number of rotatable bonds is 6. The van der Waals surface area contributed by atoms with Gasteiger partial charge in [-0.05, 0) is 59.3 Å². The lowest BCUT2D eigenvalue weighted by Gasteiger charge is -2.27. The van der Waals surface area contributed by atoms with Gasteiger partial charge in [-0.25, -0.2) is 4.39 Å². The Morgan fingerprint density at radius 1 is 1.00 bits per heavy atom. The Hall–Kier alpha value is -3.25. The van der Waals surface area contributed by atoms with Crippen molar-refractivity contribution in [1.29, 1.82) is 0 Å². The molecule has 0 aromatic heterocycles. The summed E-state index contributed by atoms with van der Waals surface area (Å²) in [5, 5.41) is 10.8. The largest absolute Gasteiger partial charge is 0.503 e. The van der Waals surface area contributed by atoms with Gasteiger partial charge in [-0.15, -0.1) is 11.8 Å². The summed E-state index contributed by atoms with van der Waals surface area (Å²) in [6.45, 7) is 0.319. The minimum atomic E-state index is -0.540. The second kappa shape index (κ2) is 8.86. The molecule has 0 aliphatic carbocycles. The van der Waals surface area contributed by atoms with E-state index in [1.54, 1.807) is 48.0 Å². The average Bonchev–Trinajstić information content (AvgIpc) is 3.05. The lowest BCUT2D eigenvalue weighted by atomic mass is 9.93. The molecule has 0 fully saturated rings. The van der Waals surface area contributed by atoms with Gasteiger partial charge in [-0.1, -0.05) is 36.4 Å². The van der Waals surface area contributed by atoms with Crippen molar-refractivity contribution in [2.45, 2.75) is 17.5 Å². The second-order valence-electron chi connectivity index (χ2n) is 7.23. The van der Waals surface area contributed by atoms with Gasteiger partial charge in [0.2, 0.25) is 0 Å². The minimum absolute atomic E-state index is 0.291. The Bertz CT molecular complexity index is 1110. The molecule has 3 aromatic rings. The van der Waals surface area contributed by atoms with Crippen molar-refractivity contribution in [2.75, 3.05) is 13.4 Å². The van der Waals surface area contributed by atoms with Gasteiger partial charge >= 0.3 is 0 Å². The average molecular weight is 436 g/mol. The number of aliphatic hydroxyl groups excluding tert-OH is 1. The molecule has 1 N–H and O–H groups in total. The number of hydrogen-bond acceptors (Lipinski definition) is 4. The summed E-state index contributed by atoms with van der Waals surface area (Å²) >= 11 is 1.65. The molecule has 1 heterocycles. The molecule has 4 nitrogen and oxygen atoms in total. The van der Waals surface area contributed by atoms with E-state index in [0.29, 0.717) is 23.4 Å². The zero-order valence-electron chi connectivity index (χ0n) is 17.2. The molecule has 158 valence electrons. The van der Waals surface area contributed by atoms with Crippen molar-refractivity contribution in [2.24, 2.45) is 0 Å². The molecule has 0 unspecified atom stereocenters. The van der Waals surface area contributed by atoms with Crippen LogP contribution in [0.15, 0.2) is 83.5 Å². The maximum absolute atomic E-state index is 13.6. The van der Waals surface area contributed by atoms with Crippen LogP contribution < -0.4 is 4.74 Å². The molecule has 1 amide bonds. The quantitative estimate of drug-likeness (QED) is 0.512. The normalized spacial score (nSPS) is 16.2. The van der Waals surface area contributed by atoms with Crippen LogP contribution in [0, 0.1) is 5.82 Å². The maximum atomic E-state index is 13.6. The zero-order chi connectivity index (χ0) is 22.0. The maximum Gasteiger partial charge on any atom is 0.290 e. The van der Waals surface area contributed by atoms with Crippen molar-refractivity contribution >= 4 is 23.2 Å². The van der Waals surface area contributed by atoms with Gasteiger partial charge in [0.15, 0.2) is 5.76 Å². The van der Waals surface area contributed by atoms with Crippen LogP contribution in [0.2, 0.25) is 0 Å². The highest BCUT2D eigenvalue weighted by atomic mass is 32.2. The molecule has 1 aliphatic rings. The Morgan fingerprint density at radius 3 is 2.23 bits per heavy atom. The first-order chi connectivity index (χ1) is 15.0. The summed E-state index contributed by atoms with van der Waals surface area (Å²) in [5.41, 5.74) is 2.88. The first kappa shape index (κ1) is 21.0. The van der Waals surface area contributed by atoms with Crippen LogP contribution in [0.1, 0.15) is 22.7 Å². The molecule has 31 heavy (non-hydrogen) atoms. The fourth-order valence-corrected chi connectivity index (χ4v) is 4.21. The van der Waals surface area contributed by atoms with Gasteiger partial charge in [-0.3, -0.25) is 4.79 Å². The molecular weight excluding hydrogens is 413 g/mol. The monoisotopic (exact) mass is 435 g/mol. The molecule has 4 rings (SSSR count). The molecule has 6 heteroatoms. The summed E-state index contributed by atoms with van der Waals surface area (Å²) in [7, 11) is 1.58. The summed E-state index contributed by atoms with van der Waals surface area (Å²) in [6, 6.07) is 20.6. The molecule has 0 bridgehead atoms. The van der Waals surface area contributed by atoms with Gasteiger partial charge in [0, 0.05) is 17.0 Å². The molecule has 1 aliphatic heterocycles. The van der Waals surface area contributed by atoms with E-state index < -0.39 is 11.9 Å². The molecule has 0 radical (unpaired) electrons. The summed E-state index contributed by atoms with van der Waals surface area (Å²) in [4.78, 5) is 15.9. The Morgan fingerprint density at radius 2 is 1.65 bits per heavy atom. The standard InChI is InChI=1S/C25H22FNO3S/c1-30-20-11-7-17(8-12-20)22-23(18-5-9-19(26)10-6-18)27(25(29)24(22)28)15-16-3-13-21(31-2)14-4-16/h3-14,23,28H,15H2,1-2H3/t23-/m0/s1. The Kier molecular flexibility index (Phi) is 6.00. The van der Waals surface area contributed by atoms with Crippen LogP contribution in [0.25, 0.3) is 5.57 Å². The van der Waals surface area contributed by atoms with E-state index >= 15 is 0 Å². The lowest BCUT2D eigenvalue weighted by Crippen LogP contribution is -2.29. The molecule has 0 saturated heterocycles. The van der Waals surface area contributed by atoms with E-state index in [4.69, 9.17) is 4.74 Å². The molecule has 3 aromatic carbocycles. The summed E-state index contributed by atoms with van der Waals surface area (Å²) in [6.07, 6.45) is 2.01. The Labute approximate surface area is 185 Å². The molecular formula is C25H22FNO3S. The van der Waals surface area contributed by atoms with Gasteiger partial charge in [0.1, 0.15) is 11.6 Å². The fourth-order valence-electron chi connectivity index (χ4n) is 3.80. The minimum Gasteiger partial charge on any atom is -0.503 e. The first-order valence-corrected chi connectivity index (χ1v) is 11.0. The zero-order valence-corrected chi connectivity index (χ0v) is 18.0. The topological polar surface area (TPSA) is 49.8 Å². The number of carbonyl (C=O) groups is 1. The van der Waals surface area contributed by atoms with Gasteiger partial charge in [0.05, 0.1) is 13.2 Å². The van der Waals surface area contributed by atoms with Crippen LogP contribution >= 0.6 is 11.8 Å². The summed E-state index contributed by atoms with van der Waals surface area (Å²) < 4.78 is 18.8. The SMILES string of the molecule is COc1ccc(C2=C(O)C(=O)N(Cc3ccc(SC)cc3)[C@H]2c2ccc(F)cc2)cc1. The van der Waals surface area contributed by atoms with Gasteiger partial charge in [-0.2, -0.15) is 0 Å². The van der Waals surface area contributed by atoms with Crippen molar-refractivity contribution in [3.8, 4) is 5.75 Å². The highest BCUT2D eigenvalue weighted by Crippen LogP contribution is 2.44. The molecule has 0 spiro atoms. The van der Waals surface area contributed by atoms with Gasteiger partial charge in [0.25, 0.3) is 5.91 Å². The second-order valence-corrected chi connectivity index (χ2v) is 8.11. The third kappa shape index (κ3) is 4.16. The first-order valence-electron chi connectivity index (χ1n) is 9.78. The van der Waals surface area contributed by atoms with Crippen LogP contribution in [-0.2, 0) is 11.3 Å². The predicted octanol–water partition coefficient (Wildman–Crippen LogP) is 5.61. The number of methoxy groups -OCH3 is 1. The van der Waals surface area contributed by atoms with Crippen LogP contribution in [-0.4, -0.2) is 29.3 Å². The molecule has 1 atom stereocenters. The number of carbonyl (C=O) groups excluding carboxylic acids is 1. The van der Waals surface area contributed by atoms with Crippen LogP contribution in [0.3, 0.4) is 0 Å². The van der Waals surface area contributed by atoms with Crippen molar-refractivity contribution in [3.05, 3.63) is 101 Å². The van der Waals surface area contributed by atoms with E-state index in [-0.39, 0.29) is 11.6 Å². The number of ether oxygens (including phenoxy) is 1. The van der Waals surface area contributed by atoms with Crippen LogP contribution in [0.4, 0.5) is 4.39 Å². The number of halogens is 1.